The van der Waals surface area contributed by atoms with Crippen LogP contribution in [0, 0.1) is 0 Å². The molecule has 27 heavy (non-hydrogen) atoms. The Kier molecular flexibility index (Phi) is 4.45. The van der Waals surface area contributed by atoms with Gasteiger partial charge in [-0.15, -0.1) is 10.2 Å². The summed E-state index contributed by atoms with van der Waals surface area (Å²) >= 11 is 0. The van der Waals surface area contributed by atoms with Crippen molar-refractivity contribution in [3.63, 3.8) is 0 Å². The van der Waals surface area contributed by atoms with E-state index in [1.165, 1.54) is 7.11 Å². The van der Waals surface area contributed by atoms with Gasteiger partial charge in [0.15, 0.2) is 5.75 Å². The largest absolute Gasteiger partial charge is 0.507 e. The Hall–Kier alpha value is -3.42. The molecule has 2 aromatic heterocycles. The highest BCUT2D eigenvalue weighted by molar-refractivity contribution is 5.74. The van der Waals surface area contributed by atoms with Gasteiger partial charge in [-0.3, -0.25) is 0 Å². The van der Waals surface area contributed by atoms with Crippen molar-refractivity contribution < 1.29 is 14.6 Å². The van der Waals surface area contributed by atoms with E-state index in [-0.39, 0.29) is 5.75 Å². The lowest BCUT2D eigenvalue weighted by Crippen LogP contribution is -2.06. The maximum atomic E-state index is 10.5. The first kappa shape index (κ1) is 17.0. The number of nitrogens with zero attached hydrogens (tertiary/aromatic N) is 4. The first-order chi connectivity index (χ1) is 13.2. The summed E-state index contributed by atoms with van der Waals surface area (Å²) in [7, 11) is 3.09. The Labute approximate surface area is 156 Å². The first-order valence-corrected chi connectivity index (χ1v) is 8.56. The number of phenolic OH excluding ortho intramolecular Hbond substituents is 1. The average molecular weight is 365 g/mol. The SMILES string of the molecule is COc1cc(-c2ccc(-c3cnc(NC4CC4)nn3)c(O)c2)cnc1OC. The van der Waals surface area contributed by atoms with Gasteiger partial charge in [0.25, 0.3) is 5.88 Å². The van der Waals surface area contributed by atoms with Gasteiger partial charge in [0, 0.05) is 23.4 Å². The Bertz CT molecular complexity index is 958. The minimum absolute atomic E-state index is 0.0845. The molecule has 0 atom stereocenters. The summed E-state index contributed by atoms with van der Waals surface area (Å²) in [5, 5.41) is 21.9. The van der Waals surface area contributed by atoms with Gasteiger partial charge in [-0.1, -0.05) is 6.07 Å². The number of aromatic nitrogens is 4. The van der Waals surface area contributed by atoms with Crippen molar-refractivity contribution in [1.82, 2.24) is 20.2 Å². The highest BCUT2D eigenvalue weighted by Crippen LogP contribution is 2.35. The molecule has 1 aliphatic carbocycles. The molecule has 8 nitrogen and oxygen atoms in total. The van der Waals surface area contributed by atoms with Crippen LogP contribution in [0.1, 0.15) is 12.8 Å². The number of nitrogens with one attached hydrogen (secondary N) is 1. The topological polar surface area (TPSA) is 102 Å². The zero-order chi connectivity index (χ0) is 18.8. The number of methoxy groups -OCH3 is 2. The highest BCUT2D eigenvalue weighted by Gasteiger charge is 2.22. The molecule has 0 amide bonds. The van der Waals surface area contributed by atoms with Gasteiger partial charge >= 0.3 is 0 Å². The maximum Gasteiger partial charge on any atom is 0.256 e. The molecule has 8 heteroatoms. The van der Waals surface area contributed by atoms with Gasteiger partial charge in [0.05, 0.1) is 20.4 Å². The molecule has 0 saturated heterocycles. The summed E-state index contributed by atoms with van der Waals surface area (Å²) in [5.41, 5.74) is 2.65. The van der Waals surface area contributed by atoms with E-state index in [1.54, 1.807) is 37.7 Å². The average Bonchev–Trinajstić information content (AvgIpc) is 3.52. The van der Waals surface area contributed by atoms with E-state index >= 15 is 0 Å². The van der Waals surface area contributed by atoms with Crippen molar-refractivity contribution in [2.45, 2.75) is 18.9 Å². The fourth-order valence-corrected chi connectivity index (χ4v) is 2.69. The lowest BCUT2D eigenvalue weighted by molar-refractivity contribution is 0.343. The lowest BCUT2D eigenvalue weighted by atomic mass is 10.0. The second kappa shape index (κ2) is 7.06. The summed E-state index contributed by atoms with van der Waals surface area (Å²) in [6.45, 7) is 0. The zero-order valence-corrected chi connectivity index (χ0v) is 15.0. The van der Waals surface area contributed by atoms with Gasteiger partial charge < -0.3 is 19.9 Å². The Morgan fingerprint density at radius 2 is 1.85 bits per heavy atom. The summed E-state index contributed by atoms with van der Waals surface area (Å²) < 4.78 is 10.4. The number of aromatic hydroxyl groups is 1. The smallest absolute Gasteiger partial charge is 0.256 e. The second-order valence-electron chi connectivity index (χ2n) is 6.25. The van der Waals surface area contributed by atoms with Crippen LogP contribution < -0.4 is 14.8 Å². The van der Waals surface area contributed by atoms with E-state index in [4.69, 9.17) is 9.47 Å². The summed E-state index contributed by atoms with van der Waals surface area (Å²) in [6, 6.07) is 7.56. The first-order valence-electron chi connectivity index (χ1n) is 8.56. The number of benzene rings is 1. The molecule has 0 aliphatic heterocycles. The summed E-state index contributed by atoms with van der Waals surface area (Å²) in [5.74, 6) is 1.52. The van der Waals surface area contributed by atoms with Crippen molar-refractivity contribution in [2.75, 3.05) is 19.5 Å². The van der Waals surface area contributed by atoms with Crippen LogP contribution in [0.15, 0.2) is 36.7 Å². The Morgan fingerprint density at radius 3 is 2.48 bits per heavy atom. The van der Waals surface area contributed by atoms with Gasteiger partial charge in [0.1, 0.15) is 11.4 Å². The van der Waals surface area contributed by atoms with Crippen molar-refractivity contribution in [1.29, 1.82) is 0 Å². The van der Waals surface area contributed by atoms with Crippen LogP contribution in [0.4, 0.5) is 5.95 Å². The minimum atomic E-state index is 0.0845. The zero-order valence-electron chi connectivity index (χ0n) is 15.0. The van der Waals surface area contributed by atoms with Crippen LogP contribution in [0.25, 0.3) is 22.4 Å². The number of hydrogen-bond donors (Lipinski definition) is 2. The minimum Gasteiger partial charge on any atom is -0.507 e. The molecular weight excluding hydrogens is 346 g/mol. The van der Waals surface area contributed by atoms with Crippen LogP contribution in [0.5, 0.6) is 17.4 Å². The van der Waals surface area contributed by atoms with Crippen molar-refractivity contribution in [2.24, 2.45) is 0 Å². The second-order valence-corrected chi connectivity index (χ2v) is 6.25. The van der Waals surface area contributed by atoms with E-state index < -0.39 is 0 Å². The number of phenols is 1. The number of rotatable bonds is 6. The van der Waals surface area contributed by atoms with E-state index in [2.05, 4.69) is 25.5 Å². The van der Waals surface area contributed by atoms with Gasteiger partial charge in [-0.05, 0) is 36.6 Å². The van der Waals surface area contributed by atoms with Gasteiger partial charge in [-0.2, -0.15) is 0 Å². The fourth-order valence-electron chi connectivity index (χ4n) is 2.69. The van der Waals surface area contributed by atoms with E-state index in [9.17, 15) is 5.11 Å². The number of pyridine rings is 1. The summed E-state index contributed by atoms with van der Waals surface area (Å²) in [6.07, 6.45) is 5.54. The molecule has 4 rings (SSSR count). The van der Waals surface area contributed by atoms with Crippen LogP contribution in [0.2, 0.25) is 0 Å². The monoisotopic (exact) mass is 365 g/mol. The molecule has 0 radical (unpaired) electrons. The third-order valence-corrected chi connectivity index (χ3v) is 4.31. The maximum absolute atomic E-state index is 10.5. The third-order valence-electron chi connectivity index (χ3n) is 4.31. The quantitative estimate of drug-likeness (QED) is 0.687. The molecule has 1 fully saturated rings. The lowest BCUT2D eigenvalue weighted by Gasteiger charge is -2.10. The van der Waals surface area contributed by atoms with Crippen LogP contribution in [-0.2, 0) is 0 Å². The van der Waals surface area contributed by atoms with E-state index in [0.29, 0.717) is 34.9 Å². The molecule has 3 aromatic rings. The number of ether oxygens (including phenoxy) is 2. The fraction of sp³-hybridized carbons (Fsp3) is 0.263. The summed E-state index contributed by atoms with van der Waals surface area (Å²) in [4.78, 5) is 8.49. The predicted octanol–water partition coefficient (Wildman–Crippen LogP) is 2.90. The Balaban J connectivity index is 1.60. The van der Waals surface area contributed by atoms with Crippen LogP contribution >= 0.6 is 0 Å². The molecule has 0 unspecified atom stereocenters. The normalized spacial score (nSPS) is 13.3. The molecule has 1 aliphatic rings. The molecule has 2 heterocycles. The Morgan fingerprint density at radius 1 is 1.00 bits per heavy atom. The molecule has 0 spiro atoms. The molecular formula is C19H19N5O3. The molecule has 2 N–H and O–H groups in total. The van der Waals surface area contributed by atoms with Gasteiger partial charge in [0.2, 0.25) is 5.95 Å². The predicted molar refractivity (Wildman–Crippen MR) is 99.9 cm³/mol. The molecule has 1 saturated carbocycles. The molecule has 0 bridgehead atoms. The molecule has 1 aromatic carbocycles. The highest BCUT2D eigenvalue weighted by atomic mass is 16.5. The molecule has 138 valence electrons. The number of anilines is 1. The van der Waals surface area contributed by atoms with Crippen LogP contribution in [-0.4, -0.2) is 45.5 Å². The van der Waals surface area contributed by atoms with Crippen LogP contribution in [0.3, 0.4) is 0 Å². The van der Waals surface area contributed by atoms with Crippen molar-refractivity contribution in [3.05, 3.63) is 36.7 Å². The third kappa shape index (κ3) is 3.59. The van der Waals surface area contributed by atoms with E-state index in [1.807, 2.05) is 6.07 Å². The van der Waals surface area contributed by atoms with E-state index in [0.717, 1.165) is 24.0 Å². The van der Waals surface area contributed by atoms with Gasteiger partial charge in [-0.25, -0.2) is 9.97 Å². The van der Waals surface area contributed by atoms with Crippen molar-refractivity contribution >= 4 is 5.95 Å². The standard InChI is InChI=1S/C19H19N5O3/c1-26-17-8-12(9-20-18(17)27-2)11-3-6-14(16(25)7-11)15-10-21-19(24-23-15)22-13-4-5-13/h3,6-10,13,25H,4-5H2,1-2H3,(H,21,22,24). The van der Waals surface area contributed by atoms with Crippen molar-refractivity contribution in [3.8, 4) is 39.8 Å². The number of hydrogen-bond acceptors (Lipinski definition) is 8.